The Labute approximate surface area is 152 Å². The van der Waals surface area contributed by atoms with E-state index in [0.717, 1.165) is 0 Å². The van der Waals surface area contributed by atoms with Crippen molar-refractivity contribution in [2.24, 2.45) is 5.73 Å². The molecule has 0 radical (unpaired) electrons. The highest BCUT2D eigenvalue weighted by Gasteiger charge is 2.52. The second-order valence-corrected chi connectivity index (χ2v) is 8.46. The number of nitrogens with zero attached hydrogens (tertiary/aromatic N) is 1. The molecule has 2 heterocycles. The fourth-order valence-corrected chi connectivity index (χ4v) is 3.58. The van der Waals surface area contributed by atoms with Crippen LogP contribution >= 0.6 is 46.6 Å². The summed E-state index contributed by atoms with van der Waals surface area (Å²) >= 11 is 18.2. The molecule has 2 aliphatic rings. The first-order valence-corrected chi connectivity index (χ1v) is 8.67. The molecular weight excluding hydrogens is 391 g/mol. The molecule has 0 aliphatic carbocycles. The molecular formula is C12H15Cl3N2O5S. The quantitative estimate of drug-likeness (QED) is 0.232. The number of methoxy groups -OCH3 is 1. The van der Waals surface area contributed by atoms with E-state index < -0.39 is 22.4 Å². The number of esters is 1. The van der Waals surface area contributed by atoms with Gasteiger partial charge in [0.25, 0.3) is 0 Å². The Balaban J connectivity index is 2.17. The predicted molar refractivity (Wildman–Crippen MR) is 87.2 cm³/mol. The maximum Gasteiger partial charge on any atom is 0.355 e. The lowest BCUT2D eigenvalue weighted by atomic mass is 10.0. The molecule has 0 aromatic rings. The molecule has 0 spiro atoms. The lowest BCUT2D eigenvalue weighted by Crippen LogP contribution is -2.68. The number of alkyl halides is 3. The van der Waals surface area contributed by atoms with Crippen LogP contribution in [0.3, 0.4) is 0 Å². The van der Waals surface area contributed by atoms with Crippen LogP contribution in [0.4, 0.5) is 0 Å². The summed E-state index contributed by atoms with van der Waals surface area (Å²) in [4.78, 5) is 25.6. The van der Waals surface area contributed by atoms with Crippen LogP contribution in [0.1, 0.15) is 0 Å². The van der Waals surface area contributed by atoms with E-state index in [4.69, 9.17) is 54.7 Å². The van der Waals surface area contributed by atoms with E-state index in [1.165, 1.54) is 23.8 Å². The van der Waals surface area contributed by atoms with Crippen LogP contribution in [0.2, 0.25) is 0 Å². The molecule has 2 aliphatic heterocycles. The topological polar surface area (TPSA) is 91.1 Å². The second-order valence-electron chi connectivity index (χ2n) is 4.83. The summed E-state index contributed by atoms with van der Waals surface area (Å²) in [7, 11) is 1.48. The molecule has 0 unspecified atom stereocenters. The van der Waals surface area contributed by atoms with Gasteiger partial charge >= 0.3 is 5.97 Å². The number of carbonyl (C=O) groups excluding carboxylic acids is 2. The monoisotopic (exact) mass is 404 g/mol. The Kier molecular flexibility index (Phi) is 6.46. The van der Waals surface area contributed by atoms with Crippen LogP contribution < -0.4 is 5.73 Å². The van der Waals surface area contributed by atoms with Gasteiger partial charge in [-0.15, -0.1) is 11.8 Å². The number of rotatable bonds is 6. The van der Waals surface area contributed by atoms with E-state index in [-0.39, 0.29) is 30.4 Å². The molecule has 0 saturated carbocycles. The number of ether oxygens (including phenoxy) is 3. The maximum absolute atomic E-state index is 12.3. The lowest BCUT2D eigenvalue weighted by Gasteiger charge is -2.48. The van der Waals surface area contributed by atoms with Crippen LogP contribution in [-0.2, 0) is 23.8 Å². The van der Waals surface area contributed by atoms with Gasteiger partial charge in [-0.05, 0) is 5.57 Å². The molecule has 2 N–H and O–H groups in total. The number of nitrogens with two attached hydrogens (primary N) is 1. The normalized spacial score (nSPS) is 24.4. The summed E-state index contributed by atoms with van der Waals surface area (Å²) in [6.45, 7) is -0.260. The van der Waals surface area contributed by atoms with Crippen molar-refractivity contribution >= 4 is 58.4 Å². The minimum atomic E-state index is -1.74. The van der Waals surface area contributed by atoms with E-state index in [1.807, 2.05) is 0 Å². The van der Waals surface area contributed by atoms with Gasteiger partial charge in [0.05, 0.1) is 6.61 Å². The molecule has 0 aromatic heterocycles. The third-order valence-corrected chi connectivity index (χ3v) is 4.81. The minimum Gasteiger partial charge on any atom is -0.456 e. The Hall–Kier alpha value is -0.220. The third kappa shape index (κ3) is 4.45. The van der Waals surface area contributed by atoms with Crippen molar-refractivity contribution < 1.29 is 23.8 Å². The number of carbonyl (C=O) groups is 2. The van der Waals surface area contributed by atoms with Gasteiger partial charge in [0.1, 0.15) is 30.5 Å². The molecule has 0 bridgehead atoms. The summed E-state index contributed by atoms with van der Waals surface area (Å²) in [6.07, 6.45) is 0. The largest absolute Gasteiger partial charge is 0.456 e. The number of β-lactam (4-membered cyclic amide) rings is 1. The first kappa shape index (κ1) is 19.1. The maximum atomic E-state index is 12.3. The zero-order valence-electron chi connectivity index (χ0n) is 12.1. The van der Waals surface area contributed by atoms with Crippen LogP contribution in [0.5, 0.6) is 0 Å². The van der Waals surface area contributed by atoms with Crippen molar-refractivity contribution in [3.05, 3.63) is 11.3 Å². The van der Waals surface area contributed by atoms with Gasteiger partial charge in [-0.3, -0.25) is 9.69 Å². The molecule has 130 valence electrons. The highest BCUT2D eigenvalue weighted by molar-refractivity contribution is 8.00. The lowest BCUT2D eigenvalue weighted by molar-refractivity contribution is -0.150. The zero-order valence-corrected chi connectivity index (χ0v) is 15.2. The van der Waals surface area contributed by atoms with Crippen LogP contribution in [0.25, 0.3) is 0 Å². The molecule has 2 rings (SSSR count). The first-order chi connectivity index (χ1) is 10.8. The van der Waals surface area contributed by atoms with E-state index in [1.54, 1.807) is 0 Å². The molecule has 1 fully saturated rings. The smallest absolute Gasteiger partial charge is 0.355 e. The number of fused-ring (bicyclic) bond motifs is 1. The highest BCUT2D eigenvalue weighted by Crippen LogP contribution is 2.40. The van der Waals surface area contributed by atoms with Crippen molar-refractivity contribution in [1.29, 1.82) is 0 Å². The summed E-state index contributed by atoms with van der Waals surface area (Å²) in [5.74, 6) is -0.630. The summed E-state index contributed by atoms with van der Waals surface area (Å²) in [5, 5.41) is -0.302. The molecule has 1 amide bonds. The fourth-order valence-electron chi connectivity index (χ4n) is 2.14. The van der Waals surface area contributed by atoms with E-state index in [2.05, 4.69) is 0 Å². The van der Waals surface area contributed by atoms with E-state index in [0.29, 0.717) is 11.3 Å². The average Bonchev–Trinajstić information content (AvgIpc) is 2.50. The highest BCUT2D eigenvalue weighted by atomic mass is 35.6. The number of halogens is 3. The van der Waals surface area contributed by atoms with Crippen LogP contribution in [0.15, 0.2) is 11.3 Å². The summed E-state index contributed by atoms with van der Waals surface area (Å²) in [6, 6.07) is -0.641. The number of amides is 1. The van der Waals surface area contributed by atoms with Gasteiger partial charge in [0.2, 0.25) is 9.70 Å². The molecule has 0 aromatic carbocycles. The standard InChI is InChI=1S/C12H15Cl3N2O5S/c1-20-5-21-2-6-3-23-10-7(16)9(18)17(10)8(6)11(19)22-4-12(13,14)15/h7,10H,2-5,16H2,1H3/t7-,10-/m1/s1. The Morgan fingerprint density at radius 2 is 2.17 bits per heavy atom. The Morgan fingerprint density at radius 3 is 2.78 bits per heavy atom. The molecule has 23 heavy (non-hydrogen) atoms. The predicted octanol–water partition coefficient (Wildman–Crippen LogP) is 1.02. The Bertz CT molecular complexity index is 525. The molecule has 11 heteroatoms. The SMILES string of the molecule is COCOCC1=C(C(=O)OCC(Cl)(Cl)Cl)N2C(=O)[C@@H](N)[C@H]2SC1. The molecule has 1 saturated heterocycles. The van der Waals surface area contributed by atoms with Gasteiger partial charge in [-0.25, -0.2) is 4.79 Å². The minimum absolute atomic E-state index is 0.0571. The van der Waals surface area contributed by atoms with Gasteiger partial charge in [-0.1, -0.05) is 34.8 Å². The van der Waals surface area contributed by atoms with Gasteiger partial charge in [0.15, 0.2) is 0 Å². The van der Waals surface area contributed by atoms with Gasteiger partial charge in [0, 0.05) is 12.9 Å². The third-order valence-electron chi connectivity index (χ3n) is 3.13. The van der Waals surface area contributed by atoms with Crippen LogP contribution in [-0.4, -0.2) is 64.9 Å². The summed E-state index contributed by atoms with van der Waals surface area (Å²) < 4.78 is 13.3. The number of hydrogen-bond donors (Lipinski definition) is 1. The zero-order chi connectivity index (χ0) is 17.2. The van der Waals surface area contributed by atoms with Gasteiger partial charge in [-0.2, -0.15) is 0 Å². The molecule has 7 nitrogen and oxygen atoms in total. The molecule has 2 atom stereocenters. The second kappa shape index (κ2) is 7.77. The van der Waals surface area contributed by atoms with Crippen LogP contribution in [0, 0.1) is 0 Å². The Morgan fingerprint density at radius 1 is 1.48 bits per heavy atom. The average molecular weight is 406 g/mol. The number of thioether (sulfide) groups is 1. The number of hydrogen-bond acceptors (Lipinski definition) is 7. The summed E-state index contributed by atoms with van der Waals surface area (Å²) in [5.41, 5.74) is 6.45. The first-order valence-electron chi connectivity index (χ1n) is 6.49. The van der Waals surface area contributed by atoms with E-state index >= 15 is 0 Å². The van der Waals surface area contributed by atoms with E-state index in [9.17, 15) is 9.59 Å². The fraction of sp³-hybridized carbons (Fsp3) is 0.667. The van der Waals surface area contributed by atoms with Crippen molar-refractivity contribution in [1.82, 2.24) is 4.90 Å². The van der Waals surface area contributed by atoms with Crippen molar-refractivity contribution in [2.45, 2.75) is 15.2 Å². The van der Waals surface area contributed by atoms with Gasteiger partial charge < -0.3 is 19.9 Å². The van der Waals surface area contributed by atoms with Crippen molar-refractivity contribution in [3.63, 3.8) is 0 Å². The van der Waals surface area contributed by atoms with Crippen molar-refractivity contribution in [3.8, 4) is 0 Å². The van der Waals surface area contributed by atoms with Crippen molar-refractivity contribution in [2.75, 3.05) is 32.9 Å².